The number of esters is 1. The van der Waals surface area contributed by atoms with Crippen LogP contribution in [0.4, 0.5) is 17.1 Å². The molecule has 1 spiro atoms. The molecule has 0 aromatic heterocycles. The van der Waals surface area contributed by atoms with Crippen LogP contribution in [0.25, 0.3) is 0 Å². The lowest BCUT2D eigenvalue weighted by Crippen LogP contribution is -2.61. The van der Waals surface area contributed by atoms with Gasteiger partial charge in [0.1, 0.15) is 11.3 Å². The number of azo groups is 3. The summed E-state index contributed by atoms with van der Waals surface area (Å²) in [6, 6.07) is 32.3. The highest BCUT2D eigenvalue weighted by molar-refractivity contribution is 6.00. The molecular formula is C41H62N7O3+. The van der Waals surface area contributed by atoms with E-state index in [0.717, 1.165) is 11.3 Å². The predicted octanol–water partition coefficient (Wildman–Crippen LogP) is 12.0. The quantitative estimate of drug-likeness (QED) is 0.127. The zero-order valence-corrected chi connectivity index (χ0v) is 33.4. The predicted molar refractivity (Wildman–Crippen MR) is 215 cm³/mol. The number of hydrogen-bond acceptors (Lipinski definition) is 9. The van der Waals surface area contributed by atoms with Crippen molar-refractivity contribution in [1.82, 2.24) is 0 Å². The van der Waals surface area contributed by atoms with Crippen molar-refractivity contribution in [3.8, 4) is 5.75 Å². The number of nitrogens with two attached hydrogens (primary N) is 1. The molecule has 4 aromatic carbocycles. The number of benzene rings is 4. The molecule has 0 radical (unpaired) electrons. The highest BCUT2D eigenvalue weighted by atomic mass is 16.8. The van der Waals surface area contributed by atoms with Gasteiger partial charge in [-0.25, -0.2) is 4.79 Å². The number of ether oxygens (including phenoxy) is 2. The molecule has 4 aromatic rings. The van der Waals surface area contributed by atoms with Crippen molar-refractivity contribution in [1.29, 1.82) is 0 Å². The van der Waals surface area contributed by atoms with Gasteiger partial charge >= 0.3 is 12.0 Å². The van der Waals surface area contributed by atoms with Crippen LogP contribution < -0.4 is 15.5 Å². The Balaban J connectivity index is 0. The molecule has 1 atom stereocenters. The van der Waals surface area contributed by atoms with Crippen LogP contribution in [0.5, 0.6) is 5.75 Å². The summed E-state index contributed by atoms with van der Waals surface area (Å²) in [6.45, 7) is 24.0. The number of carbonyl (C=O) groups is 1. The van der Waals surface area contributed by atoms with Crippen LogP contribution in [0.15, 0.2) is 130 Å². The zero-order chi connectivity index (χ0) is 39.2. The summed E-state index contributed by atoms with van der Waals surface area (Å²) in [5.41, 5.74) is 7.96. The molecule has 0 amide bonds. The summed E-state index contributed by atoms with van der Waals surface area (Å²) in [5, 5.41) is 18.4. The monoisotopic (exact) mass is 700 g/mol. The third-order valence-electron chi connectivity index (χ3n) is 5.84. The smallest absolute Gasteiger partial charge is 0.375 e. The molecular weight excluding hydrogens is 638 g/mol. The Hall–Kier alpha value is -5.22. The Morgan fingerprint density at radius 1 is 0.647 bits per heavy atom. The van der Waals surface area contributed by atoms with Gasteiger partial charge in [-0.05, 0) is 37.4 Å². The number of nitrogens with zero attached hydrogens (tertiary/aromatic N) is 6. The van der Waals surface area contributed by atoms with Gasteiger partial charge in [-0.3, -0.25) is 0 Å². The molecule has 7 rings (SSSR count). The molecule has 3 aliphatic heterocycles. The first-order chi connectivity index (χ1) is 25.2. The van der Waals surface area contributed by atoms with Crippen molar-refractivity contribution in [2.45, 2.75) is 89.1 Å². The Labute approximate surface area is 307 Å². The first kappa shape index (κ1) is 47.9. The maximum Gasteiger partial charge on any atom is 0.626 e. The standard InChI is InChI=1S/C21H13N4O3.C7H8N2.6C2H6.CH5N/c26-20-15-10-4-5-11-16(15)24-21(28-20)25(17-12-6-7-13-18(17)27-21)23-19(22-24)14-8-2-1-3-9-14;1-8-9-7-5-3-2-4-6-7;7*1-2/h1-13H;2-6H,1H3;6*1-2H3;2H2,1H3/q+1;;;;;;;;. The fourth-order valence-electron chi connectivity index (χ4n) is 4.21. The molecule has 0 fully saturated rings. The second-order valence-electron chi connectivity index (χ2n) is 8.17. The lowest BCUT2D eigenvalue weighted by molar-refractivity contribution is -0.687. The maximum atomic E-state index is 12.7. The van der Waals surface area contributed by atoms with Crippen molar-refractivity contribution in [3.63, 3.8) is 0 Å². The Kier molecular flexibility index (Phi) is 26.9. The average molecular weight is 701 g/mol. The number of carbonyl (C=O) groups excluding carboxylic acids is 1. The number of para-hydroxylation sites is 3. The summed E-state index contributed by atoms with van der Waals surface area (Å²) in [7, 11) is 3.16. The van der Waals surface area contributed by atoms with E-state index < -0.39 is 12.0 Å². The van der Waals surface area contributed by atoms with E-state index >= 15 is 0 Å². The summed E-state index contributed by atoms with van der Waals surface area (Å²) in [5.74, 6) is 0.565. The number of fused-ring (bicyclic) bond motifs is 4. The lowest BCUT2D eigenvalue weighted by atomic mass is 10.1. The molecule has 0 bridgehead atoms. The summed E-state index contributed by atoms with van der Waals surface area (Å²) < 4.78 is 13.5. The number of amidine groups is 1. The van der Waals surface area contributed by atoms with Gasteiger partial charge < -0.3 is 15.2 Å². The SMILES string of the molecule is CC.CC.CC.CC.CC.CC.CN.CN=Nc1ccccc1.O=C1OC23Oc4ccccc4N2N=C(c2ccccc2)N=[N+]3c2ccccc21. The molecule has 3 heterocycles. The first-order valence-corrected chi connectivity index (χ1v) is 18.2. The third kappa shape index (κ3) is 12.3. The summed E-state index contributed by atoms with van der Waals surface area (Å²) in [4.78, 5) is 12.7. The molecule has 0 saturated carbocycles. The van der Waals surface area contributed by atoms with Crippen LogP contribution in [-0.4, -0.2) is 36.6 Å². The van der Waals surface area contributed by atoms with Gasteiger partial charge in [-0.1, -0.05) is 156 Å². The third-order valence-corrected chi connectivity index (χ3v) is 5.84. The minimum absolute atomic E-state index is 0.422. The van der Waals surface area contributed by atoms with Crippen LogP contribution in [0.1, 0.15) is 99.0 Å². The van der Waals surface area contributed by atoms with Gasteiger partial charge in [0, 0.05) is 28.5 Å². The molecule has 0 aliphatic carbocycles. The molecule has 51 heavy (non-hydrogen) atoms. The highest BCUT2D eigenvalue weighted by Crippen LogP contribution is 2.49. The molecule has 10 nitrogen and oxygen atoms in total. The molecule has 2 N–H and O–H groups in total. The van der Waals surface area contributed by atoms with E-state index in [1.807, 2.05) is 180 Å². The molecule has 278 valence electrons. The zero-order valence-electron chi connectivity index (χ0n) is 33.4. The van der Waals surface area contributed by atoms with E-state index in [0.29, 0.717) is 28.5 Å². The summed E-state index contributed by atoms with van der Waals surface area (Å²) >= 11 is 0. The van der Waals surface area contributed by atoms with Crippen molar-refractivity contribution in [2.24, 2.45) is 26.2 Å². The van der Waals surface area contributed by atoms with Crippen LogP contribution in [0.2, 0.25) is 0 Å². The van der Waals surface area contributed by atoms with Gasteiger partial charge in [-0.15, -0.1) is 10.1 Å². The maximum absolute atomic E-state index is 12.7. The van der Waals surface area contributed by atoms with E-state index in [9.17, 15) is 4.79 Å². The minimum Gasteiger partial charge on any atom is -0.375 e. The number of rotatable bonds is 2. The van der Waals surface area contributed by atoms with Gasteiger partial charge in [0.25, 0.3) is 5.69 Å². The van der Waals surface area contributed by atoms with E-state index in [1.165, 1.54) is 7.05 Å². The van der Waals surface area contributed by atoms with E-state index in [-0.39, 0.29) is 0 Å². The van der Waals surface area contributed by atoms with Crippen LogP contribution in [0.3, 0.4) is 0 Å². The Morgan fingerprint density at radius 2 is 1.14 bits per heavy atom. The first-order valence-electron chi connectivity index (χ1n) is 18.2. The van der Waals surface area contributed by atoms with Crippen molar-refractivity contribution < 1.29 is 19.0 Å². The number of anilines is 1. The van der Waals surface area contributed by atoms with E-state index in [4.69, 9.17) is 14.6 Å². The molecule has 10 heteroatoms. The van der Waals surface area contributed by atoms with Crippen molar-refractivity contribution in [2.75, 3.05) is 19.1 Å². The molecule has 3 aliphatic rings. The second-order valence-corrected chi connectivity index (χ2v) is 8.17. The molecule has 0 saturated heterocycles. The van der Waals surface area contributed by atoms with Crippen molar-refractivity contribution in [3.05, 3.63) is 120 Å². The van der Waals surface area contributed by atoms with Crippen LogP contribution >= 0.6 is 0 Å². The van der Waals surface area contributed by atoms with Crippen LogP contribution in [0, 0.1) is 0 Å². The van der Waals surface area contributed by atoms with E-state index in [1.54, 1.807) is 28.9 Å². The Morgan fingerprint density at radius 3 is 1.71 bits per heavy atom. The fourth-order valence-corrected chi connectivity index (χ4v) is 4.21. The topological polar surface area (TPSA) is 117 Å². The summed E-state index contributed by atoms with van der Waals surface area (Å²) in [6.07, 6.45) is 0. The van der Waals surface area contributed by atoms with Crippen LogP contribution in [-0.2, 0) is 4.74 Å². The fraction of sp³-hybridized carbons (Fsp3) is 0.366. The van der Waals surface area contributed by atoms with Crippen molar-refractivity contribution >= 4 is 28.9 Å². The Bertz CT molecular complexity index is 1580. The lowest BCUT2D eigenvalue weighted by Gasteiger charge is -2.32. The molecule has 1 unspecified atom stereocenters. The van der Waals surface area contributed by atoms with Gasteiger partial charge in [0.05, 0.1) is 5.69 Å². The van der Waals surface area contributed by atoms with Gasteiger partial charge in [0.15, 0.2) is 5.75 Å². The number of hydrazone groups is 1. The van der Waals surface area contributed by atoms with Gasteiger partial charge in [0.2, 0.25) is 5.84 Å². The van der Waals surface area contributed by atoms with E-state index in [2.05, 4.69) is 21.1 Å². The van der Waals surface area contributed by atoms with Gasteiger partial charge in [-0.2, -0.15) is 10.2 Å². The largest absolute Gasteiger partial charge is 0.626 e. The normalized spacial score (nSPS) is 14.3. The highest BCUT2D eigenvalue weighted by Gasteiger charge is 2.69. The second kappa shape index (κ2) is 28.6. The minimum atomic E-state index is -1.62. The number of hydrogen-bond donors (Lipinski definition) is 1. The average Bonchev–Trinajstić information content (AvgIpc) is 3.57.